The van der Waals surface area contributed by atoms with Gasteiger partial charge in [0.15, 0.2) is 0 Å². The first-order chi connectivity index (χ1) is 8.35. The number of benzene rings is 1. The lowest BCUT2D eigenvalue weighted by Crippen LogP contribution is -2.34. The maximum Gasteiger partial charge on any atom is 0.252 e. The fourth-order valence-corrected chi connectivity index (χ4v) is 2.37. The molecule has 0 heterocycles. The van der Waals surface area contributed by atoms with Crippen molar-refractivity contribution >= 4 is 33.4 Å². The van der Waals surface area contributed by atoms with Crippen molar-refractivity contribution in [3.8, 4) is 0 Å². The second-order valence-corrected chi connectivity index (χ2v) is 6.14. The Labute approximate surface area is 120 Å². The number of halogens is 3. The van der Waals surface area contributed by atoms with Gasteiger partial charge in [0.25, 0.3) is 5.91 Å². The van der Waals surface area contributed by atoms with Gasteiger partial charge in [-0.2, -0.15) is 0 Å². The summed E-state index contributed by atoms with van der Waals surface area (Å²) in [5.41, 5.74) is 0.230. The van der Waals surface area contributed by atoms with Crippen LogP contribution in [0, 0.1) is 11.2 Å². The van der Waals surface area contributed by atoms with Crippen molar-refractivity contribution in [2.75, 3.05) is 12.4 Å². The quantitative estimate of drug-likeness (QED) is 0.810. The van der Waals surface area contributed by atoms with Gasteiger partial charge in [-0.1, -0.05) is 13.8 Å². The maximum absolute atomic E-state index is 13.1. The predicted molar refractivity (Wildman–Crippen MR) is 75.6 cm³/mol. The average molecular weight is 337 g/mol. The molecule has 0 aliphatic carbocycles. The van der Waals surface area contributed by atoms with Crippen molar-refractivity contribution in [3.63, 3.8) is 0 Å². The molecule has 0 aliphatic rings. The van der Waals surface area contributed by atoms with Gasteiger partial charge in [0, 0.05) is 16.9 Å². The number of nitrogens with one attached hydrogen (secondary N) is 1. The molecule has 1 aromatic rings. The minimum absolute atomic E-state index is 0.0722. The number of alkyl halides is 1. The van der Waals surface area contributed by atoms with E-state index in [-0.39, 0.29) is 11.3 Å². The van der Waals surface area contributed by atoms with Crippen molar-refractivity contribution in [1.82, 2.24) is 5.32 Å². The third kappa shape index (κ3) is 4.58. The molecule has 0 aromatic heterocycles. The summed E-state index contributed by atoms with van der Waals surface area (Å²) in [6.45, 7) is 4.55. The third-order valence-electron chi connectivity index (χ3n) is 2.67. The lowest BCUT2D eigenvalue weighted by molar-refractivity contribution is 0.0934. The molecule has 1 aromatic carbocycles. The summed E-state index contributed by atoms with van der Waals surface area (Å²) in [5.74, 6) is -0.167. The van der Waals surface area contributed by atoms with Crippen LogP contribution in [0.25, 0.3) is 0 Å². The van der Waals surface area contributed by atoms with Gasteiger partial charge in [0.1, 0.15) is 5.82 Å². The zero-order chi connectivity index (χ0) is 13.8. The van der Waals surface area contributed by atoms with Gasteiger partial charge in [-0.3, -0.25) is 4.79 Å². The number of hydrogen-bond donors (Lipinski definition) is 1. The summed E-state index contributed by atoms with van der Waals surface area (Å²) in [6.07, 6.45) is 0.805. The molecule has 0 fully saturated rings. The van der Waals surface area contributed by atoms with Crippen LogP contribution in [0.4, 0.5) is 4.39 Å². The highest BCUT2D eigenvalue weighted by atomic mass is 79.9. The molecule has 0 aliphatic heterocycles. The fourth-order valence-electron chi connectivity index (χ4n) is 1.43. The third-order valence-corrected chi connectivity index (χ3v) is 3.55. The van der Waals surface area contributed by atoms with E-state index >= 15 is 0 Å². The molecule has 0 saturated heterocycles. The summed E-state index contributed by atoms with van der Waals surface area (Å²) >= 11 is 8.93. The standard InChI is InChI=1S/C13H16BrClFNO/c1-13(2,5-6-15)8-17-12(18)10-7-9(16)3-4-11(10)14/h3-4,7H,5-6,8H2,1-2H3,(H,17,18). The largest absolute Gasteiger partial charge is 0.351 e. The van der Waals surface area contributed by atoms with Crippen molar-refractivity contribution in [2.24, 2.45) is 5.41 Å². The average Bonchev–Trinajstić information content (AvgIpc) is 2.29. The lowest BCUT2D eigenvalue weighted by Gasteiger charge is -2.23. The van der Waals surface area contributed by atoms with Crippen molar-refractivity contribution in [2.45, 2.75) is 20.3 Å². The lowest BCUT2D eigenvalue weighted by atomic mass is 9.90. The van der Waals surface area contributed by atoms with Crippen LogP contribution in [0.1, 0.15) is 30.6 Å². The molecule has 2 nitrogen and oxygen atoms in total. The molecule has 0 unspecified atom stereocenters. The summed E-state index contributed by atoms with van der Waals surface area (Å²) in [7, 11) is 0. The molecule has 5 heteroatoms. The van der Waals surface area contributed by atoms with Gasteiger partial charge in [-0.15, -0.1) is 11.6 Å². The zero-order valence-corrected chi connectivity index (χ0v) is 12.7. The molecule has 0 spiro atoms. The van der Waals surface area contributed by atoms with Crippen LogP contribution in [0.3, 0.4) is 0 Å². The Morgan fingerprint density at radius 1 is 1.50 bits per heavy atom. The molecule has 1 N–H and O–H groups in total. The number of carbonyl (C=O) groups excluding carboxylic acids is 1. The van der Waals surface area contributed by atoms with E-state index in [1.807, 2.05) is 13.8 Å². The van der Waals surface area contributed by atoms with E-state index in [9.17, 15) is 9.18 Å². The first-order valence-corrected chi connectivity index (χ1v) is 6.98. The fraction of sp³-hybridized carbons (Fsp3) is 0.462. The summed E-state index contributed by atoms with van der Waals surface area (Å²) < 4.78 is 13.7. The van der Waals surface area contributed by atoms with Gasteiger partial charge in [0.2, 0.25) is 0 Å². The molecule has 0 radical (unpaired) electrons. The molecule has 1 rings (SSSR count). The first kappa shape index (κ1) is 15.4. The van der Waals surface area contributed by atoms with E-state index < -0.39 is 5.82 Å². The van der Waals surface area contributed by atoms with Crippen LogP contribution in [0.2, 0.25) is 0 Å². The second kappa shape index (κ2) is 6.53. The van der Waals surface area contributed by atoms with Crippen LogP contribution in [0.15, 0.2) is 22.7 Å². The predicted octanol–water partition coefficient (Wildman–Crippen LogP) is 3.97. The van der Waals surface area contributed by atoms with Crippen molar-refractivity contribution < 1.29 is 9.18 Å². The first-order valence-electron chi connectivity index (χ1n) is 5.65. The van der Waals surface area contributed by atoms with E-state index in [1.165, 1.54) is 18.2 Å². The number of carbonyl (C=O) groups is 1. The van der Waals surface area contributed by atoms with Crippen LogP contribution in [0.5, 0.6) is 0 Å². The topological polar surface area (TPSA) is 29.1 Å². The van der Waals surface area contributed by atoms with Crippen LogP contribution < -0.4 is 5.32 Å². The molecule has 0 bridgehead atoms. The van der Waals surface area contributed by atoms with E-state index in [4.69, 9.17) is 11.6 Å². The molecule has 0 saturated carbocycles. The number of rotatable bonds is 5. The molecule has 0 atom stereocenters. The van der Waals surface area contributed by atoms with Gasteiger partial charge in [-0.05, 0) is 46.0 Å². The molecular weight excluding hydrogens is 321 g/mol. The Morgan fingerprint density at radius 2 is 2.17 bits per heavy atom. The highest BCUT2D eigenvalue weighted by molar-refractivity contribution is 9.10. The molecule has 18 heavy (non-hydrogen) atoms. The SMILES string of the molecule is CC(C)(CCCl)CNC(=O)c1cc(F)ccc1Br. The van der Waals surface area contributed by atoms with E-state index in [0.29, 0.717) is 22.5 Å². The van der Waals surface area contributed by atoms with Gasteiger partial charge < -0.3 is 5.32 Å². The highest BCUT2D eigenvalue weighted by Crippen LogP contribution is 2.21. The zero-order valence-electron chi connectivity index (χ0n) is 10.4. The Morgan fingerprint density at radius 3 is 2.78 bits per heavy atom. The monoisotopic (exact) mass is 335 g/mol. The maximum atomic E-state index is 13.1. The second-order valence-electron chi connectivity index (χ2n) is 4.91. The van der Waals surface area contributed by atoms with Gasteiger partial charge in [-0.25, -0.2) is 4.39 Å². The highest BCUT2D eigenvalue weighted by Gasteiger charge is 2.19. The van der Waals surface area contributed by atoms with Gasteiger partial charge in [0.05, 0.1) is 5.56 Å². The Bertz CT molecular complexity index is 437. The Kier molecular flexibility index (Phi) is 5.60. The Hall–Kier alpha value is -0.610. The smallest absolute Gasteiger partial charge is 0.252 e. The summed E-state index contributed by atoms with van der Waals surface area (Å²) in [6, 6.07) is 4.04. The minimum Gasteiger partial charge on any atom is -0.351 e. The van der Waals surface area contributed by atoms with Crippen molar-refractivity contribution in [3.05, 3.63) is 34.1 Å². The number of amides is 1. The number of hydrogen-bond acceptors (Lipinski definition) is 1. The van der Waals surface area contributed by atoms with E-state index in [2.05, 4.69) is 21.2 Å². The minimum atomic E-state index is -0.427. The van der Waals surface area contributed by atoms with Crippen molar-refractivity contribution in [1.29, 1.82) is 0 Å². The normalized spacial score (nSPS) is 11.4. The molecule has 1 amide bonds. The van der Waals surface area contributed by atoms with Crippen LogP contribution >= 0.6 is 27.5 Å². The van der Waals surface area contributed by atoms with Gasteiger partial charge >= 0.3 is 0 Å². The Balaban J connectivity index is 2.69. The van der Waals surface area contributed by atoms with Crippen LogP contribution in [-0.4, -0.2) is 18.3 Å². The van der Waals surface area contributed by atoms with E-state index in [1.54, 1.807) is 0 Å². The van der Waals surface area contributed by atoms with Crippen LogP contribution in [-0.2, 0) is 0 Å². The molecular formula is C13H16BrClFNO. The molecule has 100 valence electrons. The summed E-state index contributed by atoms with van der Waals surface area (Å²) in [5, 5.41) is 2.80. The van der Waals surface area contributed by atoms with E-state index in [0.717, 1.165) is 6.42 Å². The summed E-state index contributed by atoms with van der Waals surface area (Å²) in [4.78, 5) is 11.9.